The molecule has 1 heterocycles. The molecule has 0 aliphatic rings. The number of aryl methyl sites for hydroxylation is 1. The van der Waals surface area contributed by atoms with Crippen LogP contribution in [0.25, 0.3) is 0 Å². The van der Waals surface area contributed by atoms with Gasteiger partial charge in [0.25, 0.3) is 0 Å². The Labute approximate surface area is 89.5 Å². The molecule has 84 valence electrons. The Morgan fingerprint density at radius 1 is 1.60 bits per heavy atom. The number of aromatic nitrogens is 2. The van der Waals surface area contributed by atoms with Gasteiger partial charge in [0, 0.05) is 18.7 Å². The van der Waals surface area contributed by atoms with Crippen molar-refractivity contribution in [2.45, 2.75) is 32.7 Å². The van der Waals surface area contributed by atoms with Gasteiger partial charge in [0.2, 0.25) is 5.91 Å². The molecular formula is C10H18N4O. The summed E-state index contributed by atoms with van der Waals surface area (Å²) in [4.78, 5) is 17.6. The lowest BCUT2D eigenvalue weighted by atomic mass is 10.2. The minimum absolute atomic E-state index is 0.224. The third-order valence-electron chi connectivity index (χ3n) is 2.25. The molecule has 0 bridgehead atoms. The van der Waals surface area contributed by atoms with Gasteiger partial charge in [-0.1, -0.05) is 0 Å². The first-order chi connectivity index (χ1) is 7.20. The first-order valence-electron chi connectivity index (χ1n) is 5.18. The van der Waals surface area contributed by atoms with Crippen LogP contribution in [-0.4, -0.2) is 22.4 Å². The Bertz CT molecular complexity index is 308. The molecule has 4 N–H and O–H groups in total. The van der Waals surface area contributed by atoms with Gasteiger partial charge in [-0.15, -0.1) is 0 Å². The van der Waals surface area contributed by atoms with Gasteiger partial charge in [0.15, 0.2) is 0 Å². The molecule has 0 unspecified atom stereocenters. The summed E-state index contributed by atoms with van der Waals surface area (Å²) in [5.41, 5.74) is 7.17. The molecule has 1 aromatic rings. The maximum absolute atomic E-state index is 10.5. The van der Waals surface area contributed by atoms with Crippen molar-refractivity contribution in [2.24, 2.45) is 5.73 Å². The fraction of sp³-hybridized carbons (Fsp3) is 0.600. The van der Waals surface area contributed by atoms with Crippen molar-refractivity contribution < 1.29 is 4.79 Å². The van der Waals surface area contributed by atoms with E-state index in [0.717, 1.165) is 37.3 Å². The van der Waals surface area contributed by atoms with E-state index in [-0.39, 0.29) is 5.91 Å². The first kappa shape index (κ1) is 11.7. The maximum atomic E-state index is 10.5. The Balaban J connectivity index is 2.03. The fourth-order valence-corrected chi connectivity index (χ4v) is 1.32. The summed E-state index contributed by atoms with van der Waals surface area (Å²) in [7, 11) is 0. The van der Waals surface area contributed by atoms with Gasteiger partial charge >= 0.3 is 0 Å². The van der Waals surface area contributed by atoms with Gasteiger partial charge in [-0.2, -0.15) is 0 Å². The van der Waals surface area contributed by atoms with Crippen molar-refractivity contribution in [2.75, 3.05) is 6.54 Å². The van der Waals surface area contributed by atoms with Gasteiger partial charge in [-0.3, -0.25) is 4.79 Å². The summed E-state index contributed by atoms with van der Waals surface area (Å²) < 4.78 is 0. The number of nitrogens with two attached hydrogens (primary N) is 1. The van der Waals surface area contributed by atoms with E-state index >= 15 is 0 Å². The van der Waals surface area contributed by atoms with E-state index in [4.69, 9.17) is 5.73 Å². The number of amides is 1. The second-order valence-corrected chi connectivity index (χ2v) is 3.57. The van der Waals surface area contributed by atoms with E-state index < -0.39 is 0 Å². The molecule has 0 radical (unpaired) electrons. The Kier molecular flexibility index (Phi) is 4.83. The Hall–Kier alpha value is -1.36. The monoisotopic (exact) mass is 210 g/mol. The number of imidazole rings is 1. The van der Waals surface area contributed by atoms with Crippen molar-refractivity contribution in [3.8, 4) is 0 Å². The molecule has 1 aromatic heterocycles. The number of H-pyrrole nitrogens is 1. The lowest BCUT2D eigenvalue weighted by Crippen LogP contribution is -2.16. The van der Waals surface area contributed by atoms with Crippen LogP contribution in [0.15, 0.2) is 6.33 Å². The van der Waals surface area contributed by atoms with E-state index in [1.807, 2.05) is 6.92 Å². The summed E-state index contributed by atoms with van der Waals surface area (Å²) in [6, 6.07) is 0. The molecule has 1 amide bonds. The minimum Gasteiger partial charge on any atom is -0.370 e. The smallest absolute Gasteiger partial charge is 0.217 e. The lowest BCUT2D eigenvalue weighted by Gasteiger charge is -2.02. The highest BCUT2D eigenvalue weighted by atomic mass is 16.1. The molecular weight excluding hydrogens is 192 g/mol. The van der Waals surface area contributed by atoms with Gasteiger partial charge in [-0.25, -0.2) is 4.98 Å². The molecule has 0 saturated heterocycles. The lowest BCUT2D eigenvalue weighted by molar-refractivity contribution is -0.118. The summed E-state index contributed by atoms with van der Waals surface area (Å²) in [6.07, 6.45) is 3.98. The van der Waals surface area contributed by atoms with E-state index in [1.54, 1.807) is 6.33 Å². The van der Waals surface area contributed by atoms with Crippen molar-refractivity contribution in [1.82, 2.24) is 15.3 Å². The third-order valence-corrected chi connectivity index (χ3v) is 2.25. The number of primary amides is 1. The van der Waals surface area contributed by atoms with Crippen molar-refractivity contribution >= 4 is 5.91 Å². The number of carbonyl (C=O) groups excluding carboxylic acids is 1. The molecule has 0 saturated carbocycles. The van der Waals surface area contributed by atoms with Gasteiger partial charge in [-0.05, 0) is 26.3 Å². The number of hydrogen-bond donors (Lipinski definition) is 3. The molecule has 0 atom stereocenters. The zero-order chi connectivity index (χ0) is 11.1. The topological polar surface area (TPSA) is 83.8 Å². The number of nitrogens with one attached hydrogen (secondary N) is 2. The van der Waals surface area contributed by atoms with Crippen LogP contribution < -0.4 is 11.1 Å². The molecule has 0 aliphatic carbocycles. The van der Waals surface area contributed by atoms with Crippen LogP contribution in [0.1, 0.15) is 30.7 Å². The largest absolute Gasteiger partial charge is 0.370 e. The molecule has 5 nitrogen and oxygen atoms in total. The molecule has 1 rings (SSSR count). The van der Waals surface area contributed by atoms with Crippen LogP contribution in [0.2, 0.25) is 0 Å². The SMILES string of the molecule is Cc1[nH]cnc1CNCCCCC(N)=O. The molecule has 0 fully saturated rings. The second kappa shape index (κ2) is 6.19. The molecule has 0 spiro atoms. The summed E-state index contributed by atoms with van der Waals surface area (Å²) >= 11 is 0. The zero-order valence-corrected chi connectivity index (χ0v) is 9.05. The van der Waals surface area contributed by atoms with Crippen LogP contribution in [0.4, 0.5) is 0 Å². The van der Waals surface area contributed by atoms with Gasteiger partial charge in [0.1, 0.15) is 0 Å². The van der Waals surface area contributed by atoms with Gasteiger partial charge < -0.3 is 16.0 Å². The summed E-state index contributed by atoms with van der Waals surface area (Å²) in [5, 5.41) is 3.27. The maximum Gasteiger partial charge on any atom is 0.217 e. The Morgan fingerprint density at radius 3 is 3.00 bits per heavy atom. The highest BCUT2D eigenvalue weighted by Gasteiger charge is 1.99. The second-order valence-electron chi connectivity index (χ2n) is 3.57. The van der Waals surface area contributed by atoms with Crippen molar-refractivity contribution in [1.29, 1.82) is 0 Å². The van der Waals surface area contributed by atoms with Crippen LogP contribution in [0.3, 0.4) is 0 Å². The quantitative estimate of drug-likeness (QED) is 0.572. The molecule has 0 aliphatic heterocycles. The van der Waals surface area contributed by atoms with Gasteiger partial charge in [0.05, 0.1) is 12.0 Å². The van der Waals surface area contributed by atoms with Crippen LogP contribution in [-0.2, 0) is 11.3 Å². The average molecular weight is 210 g/mol. The third kappa shape index (κ3) is 4.60. The van der Waals surface area contributed by atoms with E-state index in [9.17, 15) is 4.79 Å². The number of nitrogens with zero attached hydrogens (tertiary/aromatic N) is 1. The molecule has 15 heavy (non-hydrogen) atoms. The standard InChI is InChI=1S/C10H18N4O/c1-8-9(14-7-13-8)6-12-5-3-2-4-10(11)15/h7,12H,2-6H2,1H3,(H2,11,15)(H,13,14). The summed E-state index contributed by atoms with van der Waals surface area (Å²) in [5.74, 6) is -0.224. The Morgan fingerprint density at radius 2 is 2.40 bits per heavy atom. The van der Waals surface area contributed by atoms with E-state index in [1.165, 1.54) is 0 Å². The van der Waals surface area contributed by atoms with Crippen LogP contribution in [0.5, 0.6) is 0 Å². The highest BCUT2D eigenvalue weighted by Crippen LogP contribution is 1.99. The number of unbranched alkanes of at least 4 members (excludes halogenated alkanes) is 1. The fourth-order valence-electron chi connectivity index (χ4n) is 1.32. The predicted molar refractivity (Wildman–Crippen MR) is 58.1 cm³/mol. The summed E-state index contributed by atoms with van der Waals surface area (Å²) in [6.45, 7) is 3.66. The normalized spacial score (nSPS) is 10.5. The van der Waals surface area contributed by atoms with Crippen molar-refractivity contribution in [3.63, 3.8) is 0 Å². The number of hydrogen-bond acceptors (Lipinski definition) is 3. The predicted octanol–water partition coefficient (Wildman–Crippen LogP) is 0.463. The molecule has 0 aromatic carbocycles. The number of aromatic amines is 1. The van der Waals surface area contributed by atoms with Crippen LogP contribution >= 0.6 is 0 Å². The zero-order valence-electron chi connectivity index (χ0n) is 9.05. The van der Waals surface area contributed by atoms with E-state index in [0.29, 0.717) is 6.42 Å². The highest BCUT2D eigenvalue weighted by molar-refractivity contribution is 5.73. The first-order valence-corrected chi connectivity index (χ1v) is 5.18. The molecule has 5 heteroatoms. The minimum atomic E-state index is -0.224. The van der Waals surface area contributed by atoms with Crippen molar-refractivity contribution in [3.05, 3.63) is 17.7 Å². The van der Waals surface area contributed by atoms with Crippen LogP contribution in [0, 0.1) is 6.92 Å². The average Bonchev–Trinajstić information content (AvgIpc) is 2.57. The van der Waals surface area contributed by atoms with E-state index in [2.05, 4.69) is 15.3 Å². The number of rotatable bonds is 7. The number of carbonyl (C=O) groups is 1.